The Balaban J connectivity index is 1.99. The van der Waals surface area contributed by atoms with Gasteiger partial charge in [-0.15, -0.1) is 0 Å². The van der Waals surface area contributed by atoms with Crippen molar-refractivity contribution < 1.29 is 14.4 Å². The minimum atomic E-state index is -0.472. The number of benzene rings is 1. The minimum absolute atomic E-state index is 0.0287. The molecule has 1 fully saturated rings. The van der Waals surface area contributed by atoms with E-state index in [0.29, 0.717) is 17.4 Å². The zero-order chi connectivity index (χ0) is 13.0. The van der Waals surface area contributed by atoms with Crippen molar-refractivity contribution in [3.8, 4) is 5.75 Å². The third-order valence-electron chi connectivity index (χ3n) is 2.82. The molecule has 1 unspecified atom stereocenters. The third-order valence-corrected chi connectivity index (χ3v) is 3.14. The Kier molecular flexibility index (Phi) is 4.38. The summed E-state index contributed by atoms with van der Waals surface area (Å²) in [5.74, 6) is 0.333. The van der Waals surface area contributed by atoms with Gasteiger partial charge in [-0.05, 0) is 25.3 Å². The molecule has 98 valence electrons. The number of nitrogens with zero attached hydrogens (tertiary/aromatic N) is 1. The van der Waals surface area contributed by atoms with E-state index in [1.54, 1.807) is 0 Å². The number of hydrogen-bond donors (Lipinski definition) is 0. The molecule has 1 atom stereocenters. The highest BCUT2D eigenvalue weighted by molar-refractivity contribution is 6.32. The van der Waals surface area contributed by atoms with Crippen LogP contribution in [0.3, 0.4) is 0 Å². The van der Waals surface area contributed by atoms with E-state index in [1.807, 2.05) is 0 Å². The molecule has 6 heteroatoms. The molecule has 0 saturated carbocycles. The van der Waals surface area contributed by atoms with Gasteiger partial charge in [0.2, 0.25) is 0 Å². The van der Waals surface area contributed by atoms with Gasteiger partial charge in [0.1, 0.15) is 12.4 Å². The first-order chi connectivity index (χ1) is 8.66. The summed E-state index contributed by atoms with van der Waals surface area (Å²) in [5, 5.41) is 11.0. The van der Waals surface area contributed by atoms with E-state index < -0.39 is 4.92 Å². The van der Waals surface area contributed by atoms with Crippen LogP contribution in [0.25, 0.3) is 0 Å². The van der Waals surface area contributed by atoms with Crippen LogP contribution in [0.5, 0.6) is 5.75 Å². The number of ether oxygens (including phenoxy) is 2. The lowest BCUT2D eigenvalue weighted by molar-refractivity contribution is -0.384. The molecular weight excluding hydrogens is 258 g/mol. The van der Waals surface area contributed by atoms with Crippen LogP contribution in [0, 0.1) is 10.1 Å². The van der Waals surface area contributed by atoms with Crippen LogP contribution in [0.1, 0.15) is 19.3 Å². The molecule has 1 aliphatic heterocycles. The SMILES string of the molecule is O=[N+]([O-])c1ccc(Cl)c(OCC2CCCCO2)c1. The molecule has 0 N–H and O–H groups in total. The molecule has 1 heterocycles. The Bertz CT molecular complexity index is 432. The predicted molar refractivity (Wildman–Crippen MR) is 67.2 cm³/mol. The van der Waals surface area contributed by atoms with Gasteiger partial charge in [-0.25, -0.2) is 0 Å². The lowest BCUT2D eigenvalue weighted by atomic mass is 10.1. The molecule has 0 amide bonds. The first-order valence-corrected chi connectivity index (χ1v) is 6.23. The Morgan fingerprint density at radius 1 is 1.50 bits per heavy atom. The number of halogens is 1. The monoisotopic (exact) mass is 271 g/mol. The maximum atomic E-state index is 10.7. The molecule has 0 radical (unpaired) electrons. The summed E-state index contributed by atoms with van der Waals surface area (Å²) >= 11 is 5.93. The van der Waals surface area contributed by atoms with Crippen molar-refractivity contribution >= 4 is 17.3 Å². The Hall–Kier alpha value is -1.33. The minimum Gasteiger partial charge on any atom is -0.489 e. The maximum absolute atomic E-state index is 10.7. The molecule has 1 aromatic rings. The van der Waals surface area contributed by atoms with E-state index in [-0.39, 0.29) is 11.8 Å². The van der Waals surface area contributed by atoms with E-state index >= 15 is 0 Å². The summed E-state index contributed by atoms with van der Waals surface area (Å²) in [4.78, 5) is 10.2. The van der Waals surface area contributed by atoms with Crippen LogP contribution in [-0.2, 0) is 4.74 Å². The Morgan fingerprint density at radius 3 is 3.00 bits per heavy atom. The van der Waals surface area contributed by atoms with E-state index in [0.717, 1.165) is 25.9 Å². The van der Waals surface area contributed by atoms with Crippen LogP contribution in [0.2, 0.25) is 5.02 Å². The first-order valence-electron chi connectivity index (χ1n) is 5.85. The molecule has 18 heavy (non-hydrogen) atoms. The summed E-state index contributed by atoms with van der Waals surface area (Å²) in [6.45, 7) is 1.12. The van der Waals surface area contributed by atoms with Crippen LogP contribution in [0.15, 0.2) is 18.2 Å². The first kappa shape index (κ1) is 13.1. The molecule has 1 saturated heterocycles. The third kappa shape index (κ3) is 3.34. The van der Waals surface area contributed by atoms with Crippen LogP contribution in [0.4, 0.5) is 5.69 Å². The second-order valence-corrected chi connectivity index (χ2v) is 4.58. The van der Waals surface area contributed by atoms with Gasteiger partial charge in [0.05, 0.1) is 22.1 Å². The molecular formula is C12H14ClNO4. The van der Waals surface area contributed by atoms with E-state index in [9.17, 15) is 10.1 Å². The molecule has 0 aromatic heterocycles. The van der Waals surface area contributed by atoms with Crippen molar-refractivity contribution in [2.75, 3.05) is 13.2 Å². The Morgan fingerprint density at radius 2 is 2.33 bits per heavy atom. The fourth-order valence-electron chi connectivity index (χ4n) is 1.84. The van der Waals surface area contributed by atoms with E-state index in [1.165, 1.54) is 18.2 Å². The van der Waals surface area contributed by atoms with Crippen molar-refractivity contribution in [1.82, 2.24) is 0 Å². The molecule has 2 rings (SSSR count). The fourth-order valence-corrected chi connectivity index (χ4v) is 2.01. The second-order valence-electron chi connectivity index (χ2n) is 4.17. The number of non-ortho nitro benzene ring substituents is 1. The van der Waals surface area contributed by atoms with Gasteiger partial charge < -0.3 is 9.47 Å². The molecule has 5 nitrogen and oxygen atoms in total. The van der Waals surface area contributed by atoms with Gasteiger partial charge in [0.25, 0.3) is 5.69 Å². The number of nitro benzene ring substituents is 1. The summed E-state index contributed by atoms with van der Waals surface area (Å²) in [5.41, 5.74) is -0.0287. The van der Waals surface area contributed by atoms with Crippen molar-refractivity contribution in [1.29, 1.82) is 0 Å². The average molecular weight is 272 g/mol. The maximum Gasteiger partial charge on any atom is 0.273 e. The van der Waals surface area contributed by atoms with Crippen molar-refractivity contribution in [3.05, 3.63) is 33.3 Å². The Labute approximate surface area is 110 Å². The molecule has 0 aliphatic carbocycles. The molecule has 1 aliphatic rings. The summed E-state index contributed by atoms with van der Waals surface area (Å²) < 4.78 is 11.0. The number of rotatable bonds is 4. The molecule has 0 bridgehead atoms. The summed E-state index contributed by atoms with van der Waals surface area (Å²) in [6, 6.07) is 4.16. The largest absolute Gasteiger partial charge is 0.489 e. The normalized spacial score (nSPS) is 19.5. The van der Waals surface area contributed by atoms with Gasteiger partial charge in [-0.2, -0.15) is 0 Å². The van der Waals surface area contributed by atoms with Gasteiger partial charge in [-0.1, -0.05) is 11.6 Å². The average Bonchev–Trinajstić information content (AvgIpc) is 2.38. The standard InChI is InChI=1S/C12H14ClNO4/c13-11-5-4-9(14(15)16)7-12(11)18-8-10-3-1-2-6-17-10/h4-5,7,10H,1-3,6,8H2. The zero-order valence-electron chi connectivity index (χ0n) is 9.80. The van der Waals surface area contributed by atoms with Crippen molar-refractivity contribution in [2.45, 2.75) is 25.4 Å². The van der Waals surface area contributed by atoms with Crippen LogP contribution >= 0.6 is 11.6 Å². The smallest absolute Gasteiger partial charge is 0.273 e. The van der Waals surface area contributed by atoms with Gasteiger partial charge in [-0.3, -0.25) is 10.1 Å². The van der Waals surface area contributed by atoms with Crippen molar-refractivity contribution in [2.24, 2.45) is 0 Å². The highest BCUT2D eigenvalue weighted by Gasteiger charge is 2.16. The second kappa shape index (κ2) is 6.02. The summed E-state index contributed by atoms with van der Waals surface area (Å²) in [7, 11) is 0. The lowest BCUT2D eigenvalue weighted by Gasteiger charge is -2.22. The van der Waals surface area contributed by atoms with Gasteiger partial charge in [0, 0.05) is 12.7 Å². The fraction of sp³-hybridized carbons (Fsp3) is 0.500. The quantitative estimate of drug-likeness (QED) is 0.623. The number of nitro groups is 1. The van der Waals surface area contributed by atoms with Crippen molar-refractivity contribution in [3.63, 3.8) is 0 Å². The highest BCUT2D eigenvalue weighted by atomic mass is 35.5. The van der Waals surface area contributed by atoms with Crippen LogP contribution < -0.4 is 4.74 Å². The molecule has 0 spiro atoms. The highest BCUT2D eigenvalue weighted by Crippen LogP contribution is 2.29. The zero-order valence-corrected chi connectivity index (χ0v) is 10.6. The molecule has 1 aromatic carbocycles. The summed E-state index contributed by atoms with van der Waals surface area (Å²) in [6.07, 6.45) is 3.20. The van der Waals surface area contributed by atoms with Gasteiger partial charge >= 0.3 is 0 Å². The van der Waals surface area contributed by atoms with E-state index in [2.05, 4.69) is 0 Å². The predicted octanol–water partition coefficient (Wildman–Crippen LogP) is 3.20. The van der Waals surface area contributed by atoms with E-state index in [4.69, 9.17) is 21.1 Å². The van der Waals surface area contributed by atoms with Gasteiger partial charge in [0.15, 0.2) is 0 Å². The number of hydrogen-bond acceptors (Lipinski definition) is 4. The lowest BCUT2D eigenvalue weighted by Crippen LogP contribution is -2.25. The van der Waals surface area contributed by atoms with Crippen LogP contribution in [-0.4, -0.2) is 24.2 Å². The topological polar surface area (TPSA) is 61.6 Å².